The summed E-state index contributed by atoms with van der Waals surface area (Å²) in [7, 11) is -3.63. The van der Waals surface area contributed by atoms with Gasteiger partial charge in [0, 0.05) is 17.8 Å². The first kappa shape index (κ1) is 19.2. The van der Waals surface area contributed by atoms with Crippen molar-refractivity contribution in [3.63, 3.8) is 0 Å². The topological polar surface area (TPSA) is 114 Å². The zero-order valence-electron chi connectivity index (χ0n) is 11.8. The van der Waals surface area contributed by atoms with E-state index in [1.54, 1.807) is 24.3 Å². The number of sulfonamides is 1. The molecular weight excluding hydrogens is 316 g/mol. The highest BCUT2D eigenvalue weighted by atomic mass is 35.5. The average molecular weight is 335 g/mol. The highest BCUT2D eigenvalue weighted by Gasteiger charge is 2.08. The van der Waals surface area contributed by atoms with E-state index < -0.39 is 21.9 Å². The first-order valence-corrected chi connectivity index (χ1v) is 7.87. The van der Waals surface area contributed by atoms with Gasteiger partial charge in [-0.2, -0.15) is 0 Å². The first-order chi connectivity index (χ1) is 9.31. The predicted octanol–water partition coefficient (Wildman–Crippen LogP) is 0.934. The normalized spacial score (nSPS) is 11.4. The smallest absolute Gasteiger partial charge is 0.257 e. The molecule has 9 heteroatoms. The van der Waals surface area contributed by atoms with Crippen LogP contribution < -0.4 is 16.4 Å². The lowest BCUT2D eigenvalue weighted by atomic mass is 10.2. The molecule has 0 aliphatic heterocycles. The molecule has 0 unspecified atom stereocenters. The summed E-state index contributed by atoms with van der Waals surface area (Å²) in [6, 6.07) is 6.74. The van der Waals surface area contributed by atoms with Crippen LogP contribution in [0.15, 0.2) is 28.7 Å². The van der Waals surface area contributed by atoms with E-state index in [2.05, 4.69) is 22.0 Å². The third kappa shape index (κ3) is 7.52. The summed E-state index contributed by atoms with van der Waals surface area (Å²) in [6.45, 7) is 2.90. The number of nitrogens with two attached hydrogens (primary N) is 1. The van der Waals surface area contributed by atoms with E-state index in [1.165, 1.54) is 0 Å². The number of anilines is 1. The lowest BCUT2D eigenvalue weighted by molar-refractivity contribution is 0.0977. The van der Waals surface area contributed by atoms with Crippen LogP contribution >= 0.6 is 12.4 Å². The van der Waals surface area contributed by atoms with Gasteiger partial charge < -0.3 is 11.1 Å². The van der Waals surface area contributed by atoms with Gasteiger partial charge >= 0.3 is 0 Å². The Morgan fingerprint density at radius 2 is 1.86 bits per heavy atom. The summed E-state index contributed by atoms with van der Waals surface area (Å²) in [5, 5.41) is 5.38. The lowest BCUT2D eigenvalue weighted by Crippen LogP contribution is -2.37. The molecule has 0 saturated heterocycles. The van der Waals surface area contributed by atoms with Crippen LogP contribution in [-0.2, 0) is 10.0 Å². The maximum absolute atomic E-state index is 11.8. The second-order valence-corrected chi connectivity index (χ2v) is 5.82. The molecule has 21 heavy (non-hydrogen) atoms. The van der Waals surface area contributed by atoms with E-state index in [0.29, 0.717) is 5.56 Å². The summed E-state index contributed by atoms with van der Waals surface area (Å²) in [6.07, 6.45) is 1.89. The summed E-state index contributed by atoms with van der Waals surface area (Å²) in [5.41, 5.74) is 6.58. The molecule has 1 aromatic rings. The Kier molecular flexibility index (Phi) is 7.75. The number of guanidine groups is 1. The van der Waals surface area contributed by atoms with Crippen molar-refractivity contribution < 1.29 is 13.2 Å². The van der Waals surface area contributed by atoms with Crippen molar-refractivity contribution in [2.45, 2.75) is 13.3 Å². The number of rotatable bonds is 5. The van der Waals surface area contributed by atoms with Crippen molar-refractivity contribution in [2.24, 2.45) is 10.1 Å². The number of nitrogens with zero attached hydrogens (tertiary/aromatic N) is 1. The van der Waals surface area contributed by atoms with Crippen molar-refractivity contribution in [3.05, 3.63) is 29.8 Å². The number of carbonyl (C=O) groups is 1. The molecule has 1 rings (SSSR count). The monoisotopic (exact) mass is 334 g/mol. The third-order valence-corrected chi connectivity index (χ3v) is 2.76. The molecular formula is C12H19ClN4O3S. The van der Waals surface area contributed by atoms with Gasteiger partial charge in [-0.15, -0.1) is 16.8 Å². The summed E-state index contributed by atoms with van der Waals surface area (Å²) < 4.78 is 24.9. The molecule has 0 saturated carbocycles. The van der Waals surface area contributed by atoms with Crippen LogP contribution in [0.4, 0.5) is 5.69 Å². The molecule has 0 heterocycles. The van der Waals surface area contributed by atoms with Crippen molar-refractivity contribution >= 4 is 40.0 Å². The van der Waals surface area contributed by atoms with Gasteiger partial charge in [-0.25, -0.2) is 8.42 Å². The largest absolute Gasteiger partial charge is 0.385 e. The maximum atomic E-state index is 11.8. The van der Waals surface area contributed by atoms with Gasteiger partial charge in [-0.05, 0) is 30.7 Å². The van der Waals surface area contributed by atoms with Crippen LogP contribution in [0, 0.1) is 0 Å². The van der Waals surface area contributed by atoms with Crippen molar-refractivity contribution in [3.8, 4) is 0 Å². The Labute approximate surface area is 130 Å². The van der Waals surface area contributed by atoms with Crippen LogP contribution in [0.2, 0.25) is 0 Å². The van der Waals surface area contributed by atoms with Gasteiger partial charge in [0.05, 0.1) is 6.26 Å². The van der Waals surface area contributed by atoms with Gasteiger partial charge in [-0.1, -0.05) is 6.92 Å². The van der Waals surface area contributed by atoms with Crippen LogP contribution in [0.5, 0.6) is 0 Å². The van der Waals surface area contributed by atoms with Crippen molar-refractivity contribution in [1.29, 1.82) is 0 Å². The second-order valence-electron chi connectivity index (χ2n) is 4.17. The van der Waals surface area contributed by atoms with E-state index in [1.807, 2.05) is 0 Å². The van der Waals surface area contributed by atoms with Crippen molar-refractivity contribution in [2.75, 3.05) is 18.1 Å². The Bertz CT molecular complexity index is 599. The fourth-order valence-electron chi connectivity index (χ4n) is 1.40. The molecule has 0 spiro atoms. The highest BCUT2D eigenvalue weighted by Crippen LogP contribution is 2.09. The molecule has 0 aliphatic rings. The number of benzene rings is 1. The molecule has 1 aromatic carbocycles. The average Bonchev–Trinajstić information content (AvgIpc) is 2.34. The molecule has 0 fully saturated rings. The van der Waals surface area contributed by atoms with E-state index >= 15 is 0 Å². The van der Waals surface area contributed by atoms with Crippen LogP contribution in [-0.4, -0.2) is 33.1 Å². The minimum Gasteiger partial charge on any atom is -0.385 e. The molecule has 0 atom stereocenters. The molecule has 4 N–H and O–H groups in total. The van der Waals surface area contributed by atoms with Gasteiger partial charge in [-0.3, -0.25) is 10.1 Å². The van der Waals surface area contributed by atoms with Gasteiger partial charge in [0.15, 0.2) is 0 Å². The van der Waals surface area contributed by atoms with E-state index in [0.717, 1.165) is 24.9 Å². The van der Waals surface area contributed by atoms with E-state index in [-0.39, 0.29) is 12.4 Å². The fourth-order valence-corrected chi connectivity index (χ4v) is 1.80. The van der Waals surface area contributed by atoms with E-state index in [4.69, 9.17) is 5.73 Å². The Balaban J connectivity index is 0.00000400. The second kappa shape index (κ2) is 8.48. The molecule has 0 aromatic heterocycles. The minimum absolute atomic E-state index is 0. The van der Waals surface area contributed by atoms with Crippen molar-refractivity contribution in [1.82, 2.24) is 5.32 Å². The fraction of sp³-hybridized carbons (Fsp3) is 0.333. The first-order valence-electron chi connectivity index (χ1n) is 6.02. The Morgan fingerprint density at radius 3 is 2.33 bits per heavy atom. The quantitative estimate of drug-likeness (QED) is 0.547. The zero-order valence-corrected chi connectivity index (χ0v) is 13.4. The SMILES string of the molecule is CCCNc1ccc(C(=O)N/C(N)=N\S(C)(=O)=O)cc1.Cl. The zero-order chi connectivity index (χ0) is 15.2. The van der Waals surface area contributed by atoms with Gasteiger partial charge in [0.25, 0.3) is 15.9 Å². The molecule has 7 nitrogen and oxygen atoms in total. The number of hydrogen-bond donors (Lipinski definition) is 3. The van der Waals surface area contributed by atoms with Crippen LogP contribution in [0.3, 0.4) is 0 Å². The van der Waals surface area contributed by atoms with E-state index in [9.17, 15) is 13.2 Å². The van der Waals surface area contributed by atoms with Crippen LogP contribution in [0.25, 0.3) is 0 Å². The number of amides is 1. The molecule has 0 bridgehead atoms. The summed E-state index contributed by atoms with van der Waals surface area (Å²) in [4.78, 5) is 11.8. The van der Waals surface area contributed by atoms with Gasteiger partial charge in [0.2, 0.25) is 5.96 Å². The summed E-state index contributed by atoms with van der Waals surface area (Å²) in [5.74, 6) is -0.970. The molecule has 1 amide bonds. The number of carbonyl (C=O) groups excluding carboxylic acids is 1. The molecule has 0 aliphatic carbocycles. The predicted molar refractivity (Wildman–Crippen MR) is 86.4 cm³/mol. The Hall–Kier alpha value is -1.80. The van der Waals surface area contributed by atoms with Gasteiger partial charge in [0.1, 0.15) is 0 Å². The Morgan fingerprint density at radius 1 is 1.29 bits per heavy atom. The highest BCUT2D eigenvalue weighted by molar-refractivity contribution is 7.89. The maximum Gasteiger partial charge on any atom is 0.257 e. The molecule has 118 valence electrons. The summed E-state index contributed by atoms with van der Waals surface area (Å²) >= 11 is 0. The molecule has 0 radical (unpaired) electrons. The minimum atomic E-state index is -3.63. The standard InChI is InChI=1S/C12H18N4O3S.ClH/c1-3-8-14-10-6-4-9(5-7-10)11(17)15-12(13)16-20(2,18)19;/h4-7,14H,3,8H2,1-2H3,(H3,13,15,16,17);1H. The number of hydrogen-bond acceptors (Lipinski definition) is 4. The number of halogens is 1. The van der Waals surface area contributed by atoms with Crippen LogP contribution in [0.1, 0.15) is 23.7 Å². The third-order valence-electron chi connectivity index (χ3n) is 2.23. The number of nitrogens with one attached hydrogen (secondary N) is 2. The lowest BCUT2D eigenvalue weighted by Gasteiger charge is -2.06.